The lowest BCUT2D eigenvalue weighted by molar-refractivity contribution is 0.00510. The minimum absolute atomic E-state index is 0.298. The maximum Gasteiger partial charge on any atom is 0.322 e. The number of rotatable bonds is 4. The second-order valence-electron chi connectivity index (χ2n) is 5.16. The molecule has 24 heavy (non-hydrogen) atoms. The van der Waals surface area contributed by atoms with Crippen molar-refractivity contribution in [2.24, 2.45) is 0 Å². The Hall–Kier alpha value is -2.68. The highest BCUT2D eigenvalue weighted by Crippen LogP contribution is 2.26. The third kappa shape index (κ3) is 3.46. The van der Waals surface area contributed by atoms with Crippen molar-refractivity contribution >= 4 is 11.7 Å². The van der Waals surface area contributed by atoms with Crippen molar-refractivity contribution in [2.45, 2.75) is 19.9 Å². The number of carbonyl (C=O) groups is 1. The van der Waals surface area contributed by atoms with Crippen LogP contribution >= 0.6 is 0 Å². The molecular weight excluding hydrogens is 314 g/mol. The summed E-state index contributed by atoms with van der Waals surface area (Å²) in [7, 11) is 0. The van der Waals surface area contributed by atoms with Gasteiger partial charge in [0.2, 0.25) is 17.7 Å². The molecule has 128 valence electrons. The first-order valence-corrected chi connectivity index (χ1v) is 7.72. The summed E-state index contributed by atoms with van der Waals surface area (Å²) in [4.78, 5) is 18.4. The Kier molecular flexibility index (Phi) is 4.90. The van der Waals surface area contributed by atoms with E-state index in [2.05, 4.69) is 20.5 Å². The first kappa shape index (κ1) is 16.2. The molecule has 9 nitrogen and oxygen atoms in total. The van der Waals surface area contributed by atoms with Crippen LogP contribution in [-0.2, 0) is 4.74 Å². The molecular formula is C15H19N5O4. The maximum atomic E-state index is 12.7. The van der Waals surface area contributed by atoms with Gasteiger partial charge in [0, 0.05) is 19.7 Å². The molecule has 3 rings (SSSR count). The van der Waals surface area contributed by atoms with Crippen LogP contribution in [0.4, 0.5) is 10.5 Å². The van der Waals surface area contributed by atoms with Crippen LogP contribution < -0.4 is 10.1 Å². The number of ether oxygens (including phenoxy) is 2. The molecule has 0 aliphatic carbocycles. The molecule has 1 aliphatic heterocycles. The predicted molar refractivity (Wildman–Crippen MR) is 83.7 cm³/mol. The van der Waals surface area contributed by atoms with Crippen molar-refractivity contribution in [3.8, 4) is 5.88 Å². The number of nitrogens with zero attached hydrogens (tertiary/aromatic N) is 4. The van der Waals surface area contributed by atoms with E-state index in [1.165, 1.54) is 0 Å². The number of carbonyl (C=O) groups excluding carboxylic acids is 1. The zero-order valence-electron chi connectivity index (χ0n) is 13.6. The third-order valence-corrected chi connectivity index (χ3v) is 3.51. The van der Waals surface area contributed by atoms with E-state index in [-0.39, 0.29) is 6.03 Å². The number of pyridine rings is 1. The van der Waals surface area contributed by atoms with Crippen LogP contribution in [0.5, 0.6) is 5.88 Å². The van der Waals surface area contributed by atoms with E-state index in [1.807, 2.05) is 6.92 Å². The summed E-state index contributed by atoms with van der Waals surface area (Å²) in [6, 6.07) is 2.75. The van der Waals surface area contributed by atoms with Gasteiger partial charge in [-0.3, -0.25) is 0 Å². The molecule has 1 aliphatic rings. The zero-order chi connectivity index (χ0) is 16.9. The van der Waals surface area contributed by atoms with Crippen LogP contribution in [0, 0.1) is 6.92 Å². The van der Waals surface area contributed by atoms with Crippen molar-refractivity contribution in [1.29, 1.82) is 0 Å². The van der Waals surface area contributed by atoms with Crippen LogP contribution in [0.3, 0.4) is 0 Å². The number of urea groups is 1. The Morgan fingerprint density at radius 2 is 2.38 bits per heavy atom. The molecule has 9 heteroatoms. The summed E-state index contributed by atoms with van der Waals surface area (Å²) < 4.78 is 16.3. The molecule has 1 N–H and O–H groups in total. The van der Waals surface area contributed by atoms with E-state index in [9.17, 15) is 4.79 Å². The molecule has 1 atom stereocenters. The smallest absolute Gasteiger partial charge is 0.322 e. The van der Waals surface area contributed by atoms with Gasteiger partial charge >= 0.3 is 6.03 Å². The largest absolute Gasteiger partial charge is 0.476 e. The monoisotopic (exact) mass is 333 g/mol. The average molecular weight is 333 g/mol. The van der Waals surface area contributed by atoms with E-state index in [4.69, 9.17) is 13.9 Å². The molecule has 3 heterocycles. The van der Waals surface area contributed by atoms with Crippen LogP contribution in [-0.4, -0.2) is 52.5 Å². The minimum atomic E-state index is -0.424. The molecule has 1 fully saturated rings. The summed E-state index contributed by atoms with van der Waals surface area (Å²) in [6.07, 6.45) is 1.61. The van der Waals surface area contributed by atoms with Crippen LogP contribution in [0.1, 0.15) is 24.7 Å². The first-order valence-electron chi connectivity index (χ1n) is 7.72. The van der Waals surface area contributed by atoms with E-state index in [1.54, 1.807) is 30.2 Å². The highest BCUT2D eigenvalue weighted by Gasteiger charge is 2.33. The standard InChI is InChI=1S/C15H19N5O4/c1-3-23-13-11(5-4-6-16-13)17-15(21)20-7-8-22-9-12(20)14-19-18-10(2)24-14/h4-6,12H,3,7-9H2,1-2H3,(H,17,21). The Bertz CT molecular complexity index is 705. The van der Waals surface area contributed by atoms with Crippen molar-refractivity contribution in [3.05, 3.63) is 30.1 Å². The SMILES string of the molecule is CCOc1ncccc1NC(=O)N1CCOCC1c1nnc(C)o1. The van der Waals surface area contributed by atoms with E-state index < -0.39 is 6.04 Å². The topological polar surface area (TPSA) is 103 Å². The van der Waals surface area contributed by atoms with Crippen molar-refractivity contribution < 1.29 is 18.7 Å². The second kappa shape index (κ2) is 7.26. The van der Waals surface area contributed by atoms with Gasteiger partial charge in [0.1, 0.15) is 11.7 Å². The van der Waals surface area contributed by atoms with Gasteiger partial charge in [-0.2, -0.15) is 0 Å². The molecule has 0 saturated carbocycles. The number of morpholine rings is 1. The molecule has 0 bridgehead atoms. The third-order valence-electron chi connectivity index (χ3n) is 3.51. The van der Waals surface area contributed by atoms with Gasteiger partial charge < -0.3 is 24.1 Å². The molecule has 1 unspecified atom stereocenters. The van der Waals surface area contributed by atoms with Gasteiger partial charge in [-0.25, -0.2) is 9.78 Å². The van der Waals surface area contributed by atoms with Gasteiger partial charge in [-0.05, 0) is 19.1 Å². The maximum absolute atomic E-state index is 12.7. The quantitative estimate of drug-likeness (QED) is 0.909. The number of hydrogen-bond acceptors (Lipinski definition) is 7. The summed E-state index contributed by atoms with van der Waals surface area (Å²) in [5, 5.41) is 10.6. The van der Waals surface area contributed by atoms with Gasteiger partial charge in [0.15, 0.2) is 0 Å². The lowest BCUT2D eigenvalue weighted by Crippen LogP contribution is -2.45. The highest BCUT2D eigenvalue weighted by molar-refractivity contribution is 5.90. The fourth-order valence-corrected chi connectivity index (χ4v) is 2.42. The summed E-state index contributed by atoms with van der Waals surface area (Å²) in [5.74, 6) is 1.19. The number of hydrogen-bond donors (Lipinski definition) is 1. The number of anilines is 1. The molecule has 1 saturated heterocycles. The van der Waals surface area contributed by atoms with Crippen molar-refractivity contribution in [2.75, 3.05) is 31.7 Å². The first-order chi connectivity index (χ1) is 11.7. The molecule has 2 aromatic rings. The average Bonchev–Trinajstić information content (AvgIpc) is 3.03. The van der Waals surface area contributed by atoms with E-state index in [0.29, 0.717) is 49.7 Å². The van der Waals surface area contributed by atoms with E-state index in [0.717, 1.165) is 0 Å². The molecule has 0 aromatic carbocycles. The fraction of sp³-hybridized carbons (Fsp3) is 0.467. The fourth-order valence-electron chi connectivity index (χ4n) is 2.42. The summed E-state index contributed by atoms with van der Waals surface area (Å²) in [6.45, 7) is 5.19. The number of aryl methyl sites for hydroxylation is 1. The van der Waals surface area contributed by atoms with Crippen LogP contribution in [0.2, 0.25) is 0 Å². The van der Waals surface area contributed by atoms with Gasteiger partial charge in [-0.1, -0.05) is 0 Å². The van der Waals surface area contributed by atoms with E-state index >= 15 is 0 Å². The summed E-state index contributed by atoms with van der Waals surface area (Å²) >= 11 is 0. The Morgan fingerprint density at radius 1 is 1.50 bits per heavy atom. The predicted octanol–water partition coefficient (Wildman–Crippen LogP) is 1.78. The lowest BCUT2D eigenvalue weighted by Gasteiger charge is -2.33. The van der Waals surface area contributed by atoms with Crippen molar-refractivity contribution in [3.63, 3.8) is 0 Å². The normalized spacial score (nSPS) is 17.6. The molecule has 2 amide bonds. The van der Waals surface area contributed by atoms with Crippen LogP contribution in [0.25, 0.3) is 0 Å². The Labute approximate surface area is 139 Å². The van der Waals surface area contributed by atoms with Crippen molar-refractivity contribution in [1.82, 2.24) is 20.1 Å². The Balaban J connectivity index is 1.77. The minimum Gasteiger partial charge on any atom is -0.476 e. The number of amides is 2. The van der Waals surface area contributed by atoms with Crippen LogP contribution in [0.15, 0.2) is 22.7 Å². The lowest BCUT2D eigenvalue weighted by atomic mass is 10.2. The Morgan fingerprint density at radius 3 is 3.12 bits per heavy atom. The molecule has 0 radical (unpaired) electrons. The summed E-state index contributed by atoms with van der Waals surface area (Å²) in [5.41, 5.74) is 0.510. The zero-order valence-corrected chi connectivity index (χ0v) is 13.6. The van der Waals surface area contributed by atoms with Gasteiger partial charge in [0.25, 0.3) is 0 Å². The molecule has 2 aromatic heterocycles. The highest BCUT2D eigenvalue weighted by atomic mass is 16.5. The number of aromatic nitrogens is 3. The van der Waals surface area contributed by atoms with Gasteiger partial charge in [-0.15, -0.1) is 10.2 Å². The van der Waals surface area contributed by atoms with Gasteiger partial charge in [0.05, 0.1) is 19.8 Å². The second-order valence-corrected chi connectivity index (χ2v) is 5.16. The molecule has 0 spiro atoms. The number of nitrogens with one attached hydrogen (secondary N) is 1.